The van der Waals surface area contributed by atoms with Gasteiger partial charge in [-0.2, -0.15) is 0 Å². The first-order chi connectivity index (χ1) is 10.6. The number of hydrogen-bond acceptors (Lipinski definition) is 3. The quantitative estimate of drug-likeness (QED) is 0.592. The van der Waals surface area contributed by atoms with Crippen molar-refractivity contribution in [1.82, 2.24) is 14.5 Å². The first kappa shape index (κ1) is 14.8. The van der Waals surface area contributed by atoms with Crippen LogP contribution in [0.3, 0.4) is 0 Å². The topological polar surface area (TPSA) is 50.7 Å². The van der Waals surface area contributed by atoms with E-state index in [9.17, 15) is 9.18 Å². The average molecular weight is 317 g/mol. The van der Waals surface area contributed by atoms with E-state index < -0.39 is 0 Å². The fourth-order valence-corrected chi connectivity index (χ4v) is 3.38. The fourth-order valence-electron chi connectivity index (χ4n) is 2.37. The van der Waals surface area contributed by atoms with Crippen molar-refractivity contribution in [2.75, 3.05) is 0 Å². The molecule has 0 amide bonds. The van der Waals surface area contributed by atoms with E-state index in [4.69, 9.17) is 0 Å². The lowest BCUT2D eigenvalue weighted by Gasteiger charge is -2.09. The van der Waals surface area contributed by atoms with E-state index in [2.05, 4.69) is 9.97 Å². The summed E-state index contributed by atoms with van der Waals surface area (Å²) in [6, 6.07) is 8.33. The highest BCUT2D eigenvalue weighted by Crippen LogP contribution is 2.22. The Bertz CT molecular complexity index is 885. The number of nitrogens with one attached hydrogen (secondary N) is 1. The summed E-state index contributed by atoms with van der Waals surface area (Å²) in [5.74, 6) is 0.315. The molecule has 0 bridgehead atoms. The summed E-state index contributed by atoms with van der Waals surface area (Å²) < 4.78 is 14.9. The van der Waals surface area contributed by atoms with Crippen LogP contribution in [0.1, 0.15) is 18.2 Å². The van der Waals surface area contributed by atoms with Crippen LogP contribution in [0.5, 0.6) is 0 Å². The lowest BCUT2D eigenvalue weighted by molar-refractivity contribution is 0.626. The van der Waals surface area contributed by atoms with E-state index in [0.29, 0.717) is 28.5 Å². The van der Waals surface area contributed by atoms with Gasteiger partial charge in [0.1, 0.15) is 11.3 Å². The fraction of sp³-hybridized carbons (Fsp3) is 0.250. The number of rotatable bonds is 4. The Morgan fingerprint density at radius 3 is 2.91 bits per heavy atom. The van der Waals surface area contributed by atoms with Gasteiger partial charge in [0.05, 0.1) is 5.52 Å². The van der Waals surface area contributed by atoms with Crippen molar-refractivity contribution in [3.8, 4) is 0 Å². The Morgan fingerprint density at radius 2 is 2.18 bits per heavy atom. The number of nitrogens with zero attached hydrogens (tertiary/aromatic N) is 2. The molecule has 4 nitrogen and oxygen atoms in total. The van der Waals surface area contributed by atoms with E-state index in [1.165, 1.54) is 23.9 Å². The predicted molar refractivity (Wildman–Crippen MR) is 86.7 cm³/mol. The summed E-state index contributed by atoms with van der Waals surface area (Å²) >= 11 is 1.44. The zero-order chi connectivity index (χ0) is 15.7. The maximum Gasteiger partial charge on any atom is 0.278 e. The molecule has 0 spiro atoms. The van der Waals surface area contributed by atoms with Crippen molar-refractivity contribution in [3.63, 3.8) is 0 Å². The van der Waals surface area contributed by atoms with Crippen LogP contribution in [0.4, 0.5) is 4.39 Å². The molecule has 0 fully saturated rings. The number of H-pyrrole nitrogens is 1. The zero-order valence-corrected chi connectivity index (χ0v) is 13.2. The highest BCUT2D eigenvalue weighted by Gasteiger charge is 2.12. The van der Waals surface area contributed by atoms with Gasteiger partial charge in [-0.05, 0) is 37.6 Å². The van der Waals surface area contributed by atoms with Crippen LogP contribution >= 0.6 is 11.8 Å². The number of aryl methyl sites for hydroxylation is 1. The minimum Gasteiger partial charge on any atom is -0.353 e. The smallest absolute Gasteiger partial charge is 0.278 e. The zero-order valence-electron chi connectivity index (χ0n) is 12.4. The van der Waals surface area contributed by atoms with E-state index >= 15 is 0 Å². The minimum atomic E-state index is -0.254. The van der Waals surface area contributed by atoms with E-state index in [1.807, 2.05) is 26.0 Å². The van der Waals surface area contributed by atoms with E-state index in [-0.39, 0.29) is 11.4 Å². The summed E-state index contributed by atoms with van der Waals surface area (Å²) in [7, 11) is 0. The molecule has 3 rings (SSSR count). The third kappa shape index (κ3) is 2.78. The van der Waals surface area contributed by atoms with Crippen molar-refractivity contribution in [2.24, 2.45) is 0 Å². The van der Waals surface area contributed by atoms with Gasteiger partial charge in [0.25, 0.3) is 5.56 Å². The van der Waals surface area contributed by atoms with Gasteiger partial charge in [-0.1, -0.05) is 23.9 Å². The molecule has 0 aliphatic heterocycles. The van der Waals surface area contributed by atoms with Crippen LogP contribution in [0.2, 0.25) is 0 Å². The molecule has 22 heavy (non-hydrogen) atoms. The summed E-state index contributed by atoms with van der Waals surface area (Å²) in [6.45, 7) is 4.36. The second-order valence-electron chi connectivity index (χ2n) is 5.07. The van der Waals surface area contributed by atoms with Crippen molar-refractivity contribution in [2.45, 2.75) is 31.3 Å². The molecule has 0 atom stereocenters. The number of hydrogen-bond donors (Lipinski definition) is 1. The SMILES string of the molecule is CCn1c(SCc2cccc(F)c2)nc2cc(C)[nH]c2c1=O. The summed E-state index contributed by atoms with van der Waals surface area (Å²) in [6.07, 6.45) is 0. The van der Waals surface area contributed by atoms with Crippen molar-refractivity contribution in [1.29, 1.82) is 0 Å². The first-order valence-electron chi connectivity index (χ1n) is 7.06. The largest absolute Gasteiger partial charge is 0.353 e. The molecular weight excluding hydrogens is 301 g/mol. The summed E-state index contributed by atoms with van der Waals surface area (Å²) in [5.41, 5.74) is 2.92. The summed E-state index contributed by atoms with van der Waals surface area (Å²) in [4.78, 5) is 20.1. The Labute approximate surface area is 131 Å². The lowest BCUT2D eigenvalue weighted by Crippen LogP contribution is -2.22. The minimum absolute atomic E-state index is 0.0673. The van der Waals surface area contributed by atoms with Crippen LogP contribution in [-0.2, 0) is 12.3 Å². The molecule has 6 heteroatoms. The van der Waals surface area contributed by atoms with Crippen molar-refractivity contribution in [3.05, 3.63) is 57.8 Å². The Morgan fingerprint density at radius 1 is 1.36 bits per heavy atom. The maximum absolute atomic E-state index is 13.2. The van der Waals surface area contributed by atoms with Gasteiger partial charge in [0.15, 0.2) is 5.16 Å². The van der Waals surface area contributed by atoms with Crippen LogP contribution < -0.4 is 5.56 Å². The molecule has 0 radical (unpaired) electrons. The average Bonchev–Trinajstić information content (AvgIpc) is 2.86. The van der Waals surface area contributed by atoms with Gasteiger partial charge in [0.2, 0.25) is 0 Å². The third-order valence-electron chi connectivity index (χ3n) is 3.41. The van der Waals surface area contributed by atoms with Crippen LogP contribution in [0, 0.1) is 12.7 Å². The number of halogens is 1. The molecule has 2 heterocycles. The van der Waals surface area contributed by atoms with Gasteiger partial charge in [0, 0.05) is 18.0 Å². The molecule has 0 saturated heterocycles. The van der Waals surface area contributed by atoms with Crippen LogP contribution in [0.25, 0.3) is 11.0 Å². The molecule has 2 aromatic heterocycles. The second kappa shape index (κ2) is 5.96. The Kier molecular flexibility index (Phi) is 4.02. The van der Waals surface area contributed by atoms with Gasteiger partial charge in [-0.15, -0.1) is 0 Å². The Balaban J connectivity index is 1.97. The number of thioether (sulfide) groups is 1. The maximum atomic E-state index is 13.2. The normalized spacial score (nSPS) is 11.2. The highest BCUT2D eigenvalue weighted by atomic mass is 32.2. The summed E-state index contributed by atoms with van der Waals surface area (Å²) in [5, 5.41) is 0.656. The van der Waals surface area contributed by atoms with Crippen LogP contribution in [-0.4, -0.2) is 14.5 Å². The molecule has 1 aromatic carbocycles. The van der Waals surface area contributed by atoms with Crippen LogP contribution in [0.15, 0.2) is 40.3 Å². The van der Waals surface area contributed by atoms with Gasteiger partial charge in [-0.25, -0.2) is 9.37 Å². The first-order valence-corrected chi connectivity index (χ1v) is 8.04. The number of fused-ring (bicyclic) bond motifs is 1. The molecular formula is C16H16FN3OS. The Hall–Kier alpha value is -2.08. The predicted octanol–water partition coefficient (Wildman–Crippen LogP) is 3.48. The standard InChI is InChI=1S/C16H16FN3OS/c1-3-20-15(21)14-13(7-10(2)18-14)19-16(20)22-9-11-5-4-6-12(17)8-11/h4-8,18H,3,9H2,1-2H3. The molecule has 114 valence electrons. The van der Waals surface area contributed by atoms with Gasteiger partial charge in [-0.3, -0.25) is 9.36 Å². The number of aromatic amines is 1. The number of aromatic nitrogens is 3. The lowest BCUT2D eigenvalue weighted by atomic mass is 10.2. The number of benzene rings is 1. The van der Waals surface area contributed by atoms with Gasteiger partial charge >= 0.3 is 0 Å². The molecule has 0 aliphatic rings. The molecule has 0 unspecified atom stereocenters. The highest BCUT2D eigenvalue weighted by molar-refractivity contribution is 7.98. The third-order valence-corrected chi connectivity index (χ3v) is 4.46. The molecule has 1 N–H and O–H groups in total. The molecule has 3 aromatic rings. The van der Waals surface area contributed by atoms with E-state index in [1.54, 1.807) is 10.6 Å². The monoisotopic (exact) mass is 317 g/mol. The van der Waals surface area contributed by atoms with Gasteiger partial charge < -0.3 is 4.98 Å². The van der Waals surface area contributed by atoms with Crippen molar-refractivity contribution >= 4 is 22.8 Å². The van der Waals surface area contributed by atoms with E-state index in [0.717, 1.165) is 11.3 Å². The van der Waals surface area contributed by atoms with Crippen molar-refractivity contribution < 1.29 is 4.39 Å². The molecule has 0 aliphatic carbocycles. The second-order valence-corrected chi connectivity index (χ2v) is 6.02. The molecule has 0 saturated carbocycles.